The summed E-state index contributed by atoms with van der Waals surface area (Å²) in [5.74, 6) is 0.778. The first kappa shape index (κ1) is 23.4. The molecule has 2 rings (SSSR count). The molecule has 0 amide bonds. The predicted molar refractivity (Wildman–Crippen MR) is 118 cm³/mol. The molecular formula is C16H26IN5O4S. The molecule has 0 atom stereocenters. The molecule has 0 spiro atoms. The molecular weight excluding hydrogens is 485 g/mol. The molecule has 1 aromatic rings. The van der Waals surface area contributed by atoms with E-state index < -0.39 is 19.5 Å². The molecule has 0 aromatic heterocycles. The smallest absolute Gasteiger partial charge is 0.269 e. The number of hydrogen-bond acceptors (Lipinski definition) is 6. The quantitative estimate of drug-likeness (QED) is 0.154. The maximum Gasteiger partial charge on any atom is 0.269 e. The van der Waals surface area contributed by atoms with Crippen molar-refractivity contribution in [1.82, 2.24) is 10.2 Å². The van der Waals surface area contributed by atoms with Crippen LogP contribution in [0.2, 0.25) is 0 Å². The van der Waals surface area contributed by atoms with E-state index in [0.29, 0.717) is 32.1 Å². The second-order valence-electron chi connectivity index (χ2n) is 6.70. The molecule has 0 saturated carbocycles. The summed E-state index contributed by atoms with van der Waals surface area (Å²) >= 11 is 0. The molecule has 1 heterocycles. The molecule has 11 heteroatoms. The Morgan fingerprint density at radius 1 is 1.30 bits per heavy atom. The Labute approximate surface area is 176 Å². The van der Waals surface area contributed by atoms with Crippen LogP contribution in [0.1, 0.15) is 13.8 Å². The number of nitrogens with zero attached hydrogens (tertiary/aromatic N) is 3. The summed E-state index contributed by atoms with van der Waals surface area (Å²) in [5, 5.41) is 17.0. The maximum atomic E-state index is 12.1. The highest BCUT2D eigenvalue weighted by Crippen LogP contribution is 2.23. The van der Waals surface area contributed by atoms with E-state index in [1.807, 2.05) is 4.90 Å². The van der Waals surface area contributed by atoms with Gasteiger partial charge in [0, 0.05) is 51.0 Å². The SMILES string of the molecule is CN=C(NCCNc1ccc([N+](=O)[O-])cc1)N1CCS(=O)(=O)C(C)(C)C1.I. The van der Waals surface area contributed by atoms with Crippen molar-refractivity contribution < 1.29 is 13.3 Å². The lowest BCUT2D eigenvalue weighted by Gasteiger charge is -2.39. The van der Waals surface area contributed by atoms with Crippen LogP contribution < -0.4 is 10.6 Å². The van der Waals surface area contributed by atoms with Crippen LogP contribution in [0.25, 0.3) is 0 Å². The molecule has 152 valence electrons. The molecule has 0 unspecified atom stereocenters. The van der Waals surface area contributed by atoms with Gasteiger partial charge in [-0.1, -0.05) is 0 Å². The highest BCUT2D eigenvalue weighted by Gasteiger charge is 2.40. The maximum absolute atomic E-state index is 12.1. The largest absolute Gasteiger partial charge is 0.383 e. The molecule has 0 radical (unpaired) electrons. The highest BCUT2D eigenvalue weighted by atomic mass is 127. The molecule has 0 aliphatic carbocycles. The third kappa shape index (κ3) is 5.92. The lowest BCUT2D eigenvalue weighted by Crippen LogP contribution is -2.57. The van der Waals surface area contributed by atoms with Crippen molar-refractivity contribution in [1.29, 1.82) is 0 Å². The Kier molecular flexibility index (Phi) is 8.26. The molecule has 27 heavy (non-hydrogen) atoms. The third-order valence-electron chi connectivity index (χ3n) is 4.37. The van der Waals surface area contributed by atoms with Crippen molar-refractivity contribution in [2.75, 3.05) is 44.3 Å². The summed E-state index contributed by atoms with van der Waals surface area (Å²) in [6.45, 7) is 5.45. The fourth-order valence-corrected chi connectivity index (χ4v) is 4.10. The Balaban J connectivity index is 0.00000364. The van der Waals surface area contributed by atoms with Crippen LogP contribution in [0.3, 0.4) is 0 Å². The number of rotatable bonds is 5. The van der Waals surface area contributed by atoms with Gasteiger partial charge < -0.3 is 15.5 Å². The van der Waals surface area contributed by atoms with Crippen LogP contribution in [0.15, 0.2) is 29.3 Å². The van der Waals surface area contributed by atoms with Crippen LogP contribution in [-0.4, -0.2) is 67.9 Å². The van der Waals surface area contributed by atoms with Crippen molar-refractivity contribution in [2.24, 2.45) is 4.99 Å². The van der Waals surface area contributed by atoms with Crippen LogP contribution in [0, 0.1) is 10.1 Å². The fraction of sp³-hybridized carbons (Fsp3) is 0.562. The second kappa shape index (κ2) is 9.53. The minimum Gasteiger partial charge on any atom is -0.383 e. The standard InChI is InChI=1S/C16H25N5O4S.HI/c1-16(2)12-20(10-11-26(16,24)25)15(17-3)19-9-8-18-13-4-6-14(7-5-13)21(22)23;/h4-7,18H,8-12H2,1-3H3,(H,17,19);1H. The van der Waals surface area contributed by atoms with E-state index in [9.17, 15) is 18.5 Å². The van der Waals surface area contributed by atoms with Crippen molar-refractivity contribution in [2.45, 2.75) is 18.6 Å². The van der Waals surface area contributed by atoms with Gasteiger partial charge >= 0.3 is 0 Å². The van der Waals surface area contributed by atoms with Crippen LogP contribution in [-0.2, 0) is 9.84 Å². The minimum atomic E-state index is -3.09. The summed E-state index contributed by atoms with van der Waals surface area (Å²) < 4.78 is 23.4. The van der Waals surface area contributed by atoms with Gasteiger partial charge in [-0.05, 0) is 26.0 Å². The number of non-ortho nitro benzene ring substituents is 1. The number of aliphatic imine (C=N–C) groups is 1. The second-order valence-corrected chi connectivity index (χ2v) is 9.45. The third-order valence-corrected chi connectivity index (χ3v) is 6.90. The van der Waals surface area contributed by atoms with E-state index in [1.165, 1.54) is 12.1 Å². The number of halogens is 1. The molecule has 1 fully saturated rings. The predicted octanol–water partition coefficient (Wildman–Crippen LogP) is 1.71. The van der Waals surface area contributed by atoms with Gasteiger partial charge in [0.1, 0.15) is 0 Å². The first-order chi connectivity index (χ1) is 12.2. The summed E-state index contributed by atoms with van der Waals surface area (Å²) in [5.41, 5.74) is 0.842. The lowest BCUT2D eigenvalue weighted by molar-refractivity contribution is -0.384. The van der Waals surface area contributed by atoms with Gasteiger partial charge in [-0.15, -0.1) is 24.0 Å². The summed E-state index contributed by atoms with van der Waals surface area (Å²) in [6, 6.07) is 6.21. The van der Waals surface area contributed by atoms with E-state index in [2.05, 4.69) is 15.6 Å². The van der Waals surface area contributed by atoms with Gasteiger partial charge in [-0.25, -0.2) is 8.42 Å². The summed E-state index contributed by atoms with van der Waals surface area (Å²) in [4.78, 5) is 16.4. The number of anilines is 1. The number of benzene rings is 1. The van der Waals surface area contributed by atoms with Gasteiger partial charge in [-0.3, -0.25) is 15.1 Å². The molecule has 1 saturated heterocycles. The zero-order chi connectivity index (χ0) is 19.4. The van der Waals surface area contributed by atoms with E-state index >= 15 is 0 Å². The van der Waals surface area contributed by atoms with Crippen molar-refractivity contribution in [3.05, 3.63) is 34.4 Å². The zero-order valence-corrected chi connectivity index (χ0v) is 18.8. The van der Waals surface area contributed by atoms with Crippen LogP contribution in [0.4, 0.5) is 11.4 Å². The van der Waals surface area contributed by atoms with Crippen LogP contribution >= 0.6 is 24.0 Å². The Morgan fingerprint density at radius 2 is 1.93 bits per heavy atom. The van der Waals surface area contributed by atoms with Crippen molar-refractivity contribution in [3.8, 4) is 0 Å². The monoisotopic (exact) mass is 511 g/mol. The topological polar surface area (TPSA) is 117 Å². The first-order valence-electron chi connectivity index (χ1n) is 8.32. The van der Waals surface area contributed by atoms with E-state index in [-0.39, 0.29) is 35.4 Å². The van der Waals surface area contributed by atoms with Gasteiger partial charge in [0.15, 0.2) is 15.8 Å². The Bertz CT molecular complexity index is 781. The molecule has 2 N–H and O–H groups in total. The van der Waals surface area contributed by atoms with E-state index in [1.54, 1.807) is 33.0 Å². The number of hydrogen-bond donors (Lipinski definition) is 2. The van der Waals surface area contributed by atoms with Gasteiger partial charge in [0.2, 0.25) is 0 Å². The number of guanidine groups is 1. The molecule has 1 aromatic carbocycles. The first-order valence-corrected chi connectivity index (χ1v) is 9.98. The summed E-state index contributed by atoms with van der Waals surface area (Å²) in [6.07, 6.45) is 0. The van der Waals surface area contributed by atoms with Gasteiger partial charge in [0.05, 0.1) is 15.4 Å². The van der Waals surface area contributed by atoms with E-state index in [0.717, 1.165) is 5.69 Å². The highest BCUT2D eigenvalue weighted by molar-refractivity contribution is 14.0. The van der Waals surface area contributed by atoms with Gasteiger partial charge in [0.25, 0.3) is 5.69 Å². The number of nitrogens with one attached hydrogen (secondary N) is 2. The number of sulfone groups is 1. The molecule has 0 bridgehead atoms. The zero-order valence-electron chi connectivity index (χ0n) is 15.6. The molecule has 9 nitrogen and oxygen atoms in total. The molecule has 1 aliphatic rings. The Hall–Kier alpha value is -1.63. The Morgan fingerprint density at radius 3 is 2.44 bits per heavy atom. The number of nitro benzene ring substituents is 1. The van der Waals surface area contributed by atoms with Crippen molar-refractivity contribution >= 4 is 51.1 Å². The fourth-order valence-electron chi connectivity index (χ4n) is 2.74. The molecule has 1 aliphatic heterocycles. The lowest BCUT2D eigenvalue weighted by atomic mass is 10.2. The number of nitro groups is 1. The van der Waals surface area contributed by atoms with Crippen molar-refractivity contribution in [3.63, 3.8) is 0 Å². The van der Waals surface area contributed by atoms with E-state index in [4.69, 9.17) is 0 Å². The normalized spacial score (nSPS) is 18.3. The minimum absolute atomic E-state index is 0. The average Bonchev–Trinajstić information content (AvgIpc) is 2.58. The summed E-state index contributed by atoms with van der Waals surface area (Å²) in [7, 11) is -1.42. The average molecular weight is 511 g/mol. The van der Waals surface area contributed by atoms with Gasteiger partial charge in [-0.2, -0.15) is 0 Å². The van der Waals surface area contributed by atoms with Crippen LogP contribution in [0.5, 0.6) is 0 Å².